The molecule has 2 rings (SSSR count). The van der Waals surface area contributed by atoms with E-state index in [4.69, 9.17) is 9.47 Å². The van der Waals surface area contributed by atoms with Crippen molar-refractivity contribution in [1.82, 2.24) is 0 Å². The Labute approximate surface area is 88.1 Å². The standard InChI is InChI=1S/C8H9F3O5/c9-8(10,11)7(13)16-4-2-15-5-3(12)1-14-6(4)5/h3-6,12H,1-2H2/t3-,4-,5-,6-/m1/s1. The van der Waals surface area contributed by atoms with Crippen LogP contribution in [0.1, 0.15) is 0 Å². The van der Waals surface area contributed by atoms with Crippen LogP contribution in [0.15, 0.2) is 0 Å². The van der Waals surface area contributed by atoms with E-state index in [9.17, 15) is 23.1 Å². The topological polar surface area (TPSA) is 65.0 Å². The second-order valence-electron chi connectivity index (χ2n) is 3.60. The van der Waals surface area contributed by atoms with E-state index in [-0.39, 0.29) is 13.2 Å². The Morgan fingerprint density at radius 1 is 1.25 bits per heavy atom. The van der Waals surface area contributed by atoms with Gasteiger partial charge in [-0.15, -0.1) is 0 Å². The van der Waals surface area contributed by atoms with E-state index in [1.807, 2.05) is 0 Å². The number of esters is 1. The molecule has 2 aliphatic heterocycles. The number of ether oxygens (including phenoxy) is 3. The summed E-state index contributed by atoms with van der Waals surface area (Å²) in [7, 11) is 0. The summed E-state index contributed by atoms with van der Waals surface area (Å²) in [5.41, 5.74) is 0. The highest BCUT2D eigenvalue weighted by Gasteiger charge is 2.51. The van der Waals surface area contributed by atoms with Crippen LogP contribution >= 0.6 is 0 Å². The van der Waals surface area contributed by atoms with E-state index >= 15 is 0 Å². The van der Waals surface area contributed by atoms with Gasteiger partial charge in [0, 0.05) is 0 Å². The molecule has 0 aromatic carbocycles. The maximum atomic E-state index is 11.9. The van der Waals surface area contributed by atoms with Gasteiger partial charge in [0.2, 0.25) is 0 Å². The van der Waals surface area contributed by atoms with Crippen LogP contribution in [0.2, 0.25) is 0 Å². The molecule has 8 heteroatoms. The Balaban J connectivity index is 1.95. The van der Waals surface area contributed by atoms with Crippen molar-refractivity contribution in [3.8, 4) is 0 Å². The van der Waals surface area contributed by atoms with Crippen molar-refractivity contribution in [2.24, 2.45) is 0 Å². The third-order valence-electron chi connectivity index (χ3n) is 2.47. The third-order valence-corrected chi connectivity index (χ3v) is 2.47. The number of hydrogen-bond acceptors (Lipinski definition) is 5. The van der Waals surface area contributed by atoms with E-state index in [2.05, 4.69) is 4.74 Å². The minimum absolute atomic E-state index is 0.0323. The molecule has 0 spiro atoms. The van der Waals surface area contributed by atoms with E-state index in [0.29, 0.717) is 0 Å². The normalized spacial score (nSPS) is 38.5. The van der Waals surface area contributed by atoms with Crippen LogP contribution in [0.5, 0.6) is 0 Å². The zero-order valence-electron chi connectivity index (χ0n) is 7.94. The first-order chi connectivity index (χ1) is 7.39. The van der Waals surface area contributed by atoms with Crippen LogP contribution < -0.4 is 0 Å². The number of rotatable bonds is 1. The summed E-state index contributed by atoms with van der Waals surface area (Å²) < 4.78 is 50.0. The highest BCUT2D eigenvalue weighted by atomic mass is 19.4. The number of halogens is 3. The number of carbonyl (C=O) groups excluding carboxylic acids is 1. The van der Waals surface area contributed by atoms with Gasteiger partial charge in [-0.05, 0) is 0 Å². The smallest absolute Gasteiger partial charge is 0.450 e. The van der Waals surface area contributed by atoms with Crippen molar-refractivity contribution in [2.45, 2.75) is 30.6 Å². The monoisotopic (exact) mass is 242 g/mol. The molecule has 0 amide bonds. The molecular weight excluding hydrogens is 233 g/mol. The van der Waals surface area contributed by atoms with Gasteiger partial charge in [-0.1, -0.05) is 0 Å². The van der Waals surface area contributed by atoms with E-state index < -0.39 is 36.6 Å². The molecular formula is C8H9F3O5. The molecule has 0 radical (unpaired) electrons. The van der Waals surface area contributed by atoms with Crippen molar-refractivity contribution in [1.29, 1.82) is 0 Å². The van der Waals surface area contributed by atoms with Crippen LogP contribution in [-0.4, -0.2) is 54.9 Å². The van der Waals surface area contributed by atoms with Crippen LogP contribution in [0, 0.1) is 0 Å². The van der Waals surface area contributed by atoms with E-state index in [1.54, 1.807) is 0 Å². The molecule has 1 N–H and O–H groups in total. The quantitative estimate of drug-likeness (QED) is 0.635. The number of fused-ring (bicyclic) bond motifs is 1. The predicted octanol–water partition coefficient (Wildman–Crippen LogP) is -0.381. The number of carbonyl (C=O) groups is 1. The largest absolute Gasteiger partial charge is 0.490 e. The lowest BCUT2D eigenvalue weighted by atomic mass is 10.1. The van der Waals surface area contributed by atoms with Crippen LogP contribution in [0.25, 0.3) is 0 Å². The predicted molar refractivity (Wildman–Crippen MR) is 41.4 cm³/mol. The molecule has 0 aromatic heterocycles. The van der Waals surface area contributed by atoms with E-state index in [1.165, 1.54) is 0 Å². The summed E-state index contributed by atoms with van der Waals surface area (Å²) in [5.74, 6) is -2.27. The van der Waals surface area contributed by atoms with Crippen molar-refractivity contribution in [3.63, 3.8) is 0 Å². The SMILES string of the molecule is O=C(O[C@@H]1CO[C@H]2[C@@H]1OC[C@H]2O)C(F)(F)F. The molecule has 0 unspecified atom stereocenters. The molecule has 5 nitrogen and oxygen atoms in total. The Morgan fingerprint density at radius 3 is 2.50 bits per heavy atom. The first-order valence-electron chi connectivity index (χ1n) is 4.58. The van der Waals surface area contributed by atoms with Gasteiger partial charge in [0.1, 0.15) is 18.3 Å². The van der Waals surface area contributed by atoms with Crippen molar-refractivity contribution in [2.75, 3.05) is 13.2 Å². The molecule has 2 saturated heterocycles. The Hall–Kier alpha value is -0.860. The Morgan fingerprint density at radius 2 is 1.88 bits per heavy atom. The van der Waals surface area contributed by atoms with Gasteiger partial charge >= 0.3 is 12.1 Å². The molecule has 0 bridgehead atoms. The highest BCUT2D eigenvalue weighted by Crippen LogP contribution is 2.30. The second kappa shape index (κ2) is 3.86. The summed E-state index contributed by atoms with van der Waals surface area (Å²) in [5, 5.41) is 9.30. The van der Waals surface area contributed by atoms with Crippen LogP contribution in [-0.2, 0) is 19.0 Å². The fourth-order valence-electron chi connectivity index (χ4n) is 1.75. The van der Waals surface area contributed by atoms with Gasteiger partial charge in [-0.25, -0.2) is 4.79 Å². The molecule has 4 atom stereocenters. The maximum Gasteiger partial charge on any atom is 0.490 e. The highest BCUT2D eigenvalue weighted by molar-refractivity contribution is 5.75. The lowest BCUT2D eigenvalue weighted by Gasteiger charge is -2.17. The first kappa shape index (κ1) is 11.6. The molecule has 0 saturated carbocycles. The maximum absolute atomic E-state index is 11.9. The van der Waals surface area contributed by atoms with E-state index in [0.717, 1.165) is 0 Å². The summed E-state index contributed by atoms with van der Waals surface area (Å²) in [4.78, 5) is 10.6. The van der Waals surface area contributed by atoms with Gasteiger partial charge < -0.3 is 19.3 Å². The van der Waals surface area contributed by atoms with Crippen molar-refractivity contribution >= 4 is 5.97 Å². The van der Waals surface area contributed by atoms with Crippen molar-refractivity contribution in [3.05, 3.63) is 0 Å². The molecule has 92 valence electrons. The average Bonchev–Trinajstić information content (AvgIpc) is 2.70. The minimum Gasteiger partial charge on any atom is -0.450 e. The number of alkyl halides is 3. The van der Waals surface area contributed by atoms with Crippen molar-refractivity contribution < 1.29 is 37.3 Å². The third kappa shape index (κ3) is 2.00. The number of hydrogen-bond donors (Lipinski definition) is 1. The lowest BCUT2D eigenvalue weighted by molar-refractivity contribution is -0.208. The van der Waals surface area contributed by atoms with Crippen LogP contribution in [0.3, 0.4) is 0 Å². The lowest BCUT2D eigenvalue weighted by Crippen LogP contribution is -2.37. The Bertz CT molecular complexity index is 292. The zero-order valence-corrected chi connectivity index (χ0v) is 7.94. The molecule has 2 aliphatic rings. The first-order valence-corrected chi connectivity index (χ1v) is 4.58. The summed E-state index contributed by atoms with van der Waals surface area (Å²) in [6, 6.07) is 0. The zero-order chi connectivity index (χ0) is 11.9. The number of aliphatic hydroxyl groups excluding tert-OH is 1. The molecule has 16 heavy (non-hydrogen) atoms. The molecule has 2 fully saturated rings. The second-order valence-corrected chi connectivity index (χ2v) is 3.60. The number of aliphatic hydroxyl groups is 1. The van der Waals surface area contributed by atoms with Gasteiger partial charge in [0.15, 0.2) is 6.10 Å². The molecule has 2 heterocycles. The van der Waals surface area contributed by atoms with Gasteiger partial charge in [0.25, 0.3) is 0 Å². The Kier molecular flexibility index (Phi) is 2.81. The summed E-state index contributed by atoms with van der Waals surface area (Å²) >= 11 is 0. The van der Waals surface area contributed by atoms with Gasteiger partial charge in [-0.2, -0.15) is 13.2 Å². The molecule has 0 aliphatic carbocycles. The fourth-order valence-corrected chi connectivity index (χ4v) is 1.75. The molecule has 0 aromatic rings. The summed E-state index contributed by atoms with van der Waals surface area (Å²) in [6.07, 6.45) is -8.57. The average molecular weight is 242 g/mol. The minimum atomic E-state index is -5.03. The fraction of sp³-hybridized carbons (Fsp3) is 0.875. The summed E-state index contributed by atoms with van der Waals surface area (Å²) in [6.45, 7) is -0.233. The van der Waals surface area contributed by atoms with Crippen LogP contribution in [0.4, 0.5) is 13.2 Å². The van der Waals surface area contributed by atoms with Gasteiger partial charge in [-0.3, -0.25) is 0 Å². The van der Waals surface area contributed by atoms with Gasteiger partial charge in [0.05, 0.1) is 13.2 Å².